The van der Waals surface area contributed by atoms with Gasteiger partial charge in [0.05, 0.1) is 23.1 Å². The molecule has 3 aromatic rings. The van der Waals surface area contributed by atoms with Crippen LogP contribution in [-0.2, 0) is 30.6 Å². The summed E-state index contributed by atoms with van der Waals surface area (Å²) in [4.78, 5) is 18.5. The van der Waals surface area contributed by atoms with Gasteiger partial charge in [-0.25, -0.2) is 4.98 Å². The minimum Gasteiger partial charge on any atom is -0.333 e. The fraction of sp³-hybridized carbons (Fsp3) is 0.364. The van der Waals surface area contributed by atoms with Crippen LogP contribution in [0.1, 0.15) is 40.1 Å². The Morgan fingerprint density at radius 1 is 1.29 bits per heavy atom. The molecule has 146 valence electrons. The number of benzene rings is 1. The topological polar surface area (TPSA) is 72.9 Å². The fourth-order valence-electron chi connectivity index (χ4n) is 3.76. The number of hydrogen-bond donors (Lipinski definition) is 2. The number of carbonyl (C=O) groups excluding carboxylic acids is 1. The van der Waals surface area contributed by atoms with E-state index in [0.29, 0.717) is 6.42 Å². The van der Waals surface area contributed by atoms with E-state index in [1.165, 1.54) is 34.4 Å². The van der Waals surface area contributed by atoms with E-state index in [4.69, 9.17) is 5.73 Å². The van der Waals surface area contributed by atoms with E-state index in [2.05, 4.69) is 29.4 Å². The quantitative estimate of drug-likeness (QED) is 0.670. The number of amides is 1. The third kappa shape index (κ3) is 4.18. The van der Waals surface area contributed by atoms with E-state index in [-0.39, 0.29) is 5.91 Å². The maximum Gasteiger partial charge on any atom is 0.242 e. The second-order valence-electron chi connectivity index (χ2n) is 7.49. The largest absolute Gasteiger partial charge is 0.333 e. The molecular formula is C22H26N4OS. The molecule has 3 N–H and O–H groups in total. The van der Waals surface area contributed by atoms with Crippen LogP contribution in [0.25, 0.3) is 0 Å². The van der Waals surface area contributed by atoms with Gasteiger partial charge in [0.15, 0.2) is 0 Å². The highest BCUT2D eigenvalue weighted by molar-refractivity contribution is 7.16. The summed E-state index contributed by atoms with van der Waals surface area (Å²) < 4.78 is 2.02. The summed E-state index contributed by atoms with van der Waals surface area (Å²) in [6.45, 7) is 2.86. The van der Waals surface area contributed by atoms with E-state index in [0.717, 1.165) is 30.1 Å². The smallest absolute Gasteiger partial charge is 0.242 e. The standard InChI is InChI=1S/C22H26N4OS/c1-15-18-9-5-6-10-20(18)28-22(15)25-21(27)19(23)11-17-13-26(14-24-17)12-16-7-3-2-4-8-16/h2-4,7-8,13-14,19H,5-6,9-12,23H2,1H3,(H,25,27)/t19-/m0/s1. The van der Waals surface area contributed by atoms with Gasteiger partial charge in [0.2, 0.25) is 5.91 Å². The maximum absolute atomic E-state index is 12.6. The lowest BCUT2D eigenvalue weighted by molar-refractivity contribution is -0.117. The summed E-state index contributed by atoms with van der Waals surface area (Å²) >= 11 is 1.71. The highest BCUT2D eigenvalue weighted by Gasteiger charge is 2.21. The molecule has 0 spiro atoms. The number of fused-ring (bicyclic) bond motifs is 1. The van der Waals surface area contributed by atoms with Crippen molar-refractivity contribution in [2.45, 2.75) is 51.6 Å². The Hall–Kier alpha value is -2.44. The molecule has 0 unspecified atom stereocenters. The molecular weight excluding hydrogens is 368 g/mol. The van der Waals surface area contributed by atoms with Gasteiger partial charge in [-0.3, -0.25) is 4.79 Å². The third-order valence-corrected chi connectivity index (χ3v) is 6.64. The van der Waals surface area contributed by atoms with Crippen molar-refractivity contribution in [2.24, 2.45) is 5.73 Å². The number of aryl methyl sites for hydroxylation is 1. The SMILES string of the molecule is Cc1c(NC(=O)[C@@H](N)Cc2cn(Cc3ccccc3)cn2)sc2c1CCCC2. The maximum atomic E-state index is 12.6. The summed E-state index contributed by atoms with van der Waals surface area (Å²) in [6.07, 6.45) is 8.92. The monoisotopic (exact) mass is 394 g/mol. The van der Waals surface area contributed by atoms with Crippen LogP contribution in [0.15, 0.2) is 42.9 Å². The molecule has 0 bridgehead atoms. The molecule has 0 saturated heterocycles. The van der Waals surface area contributed by atoms with Crippen LogP contribution < -0.4 is 11.1 Å². The van der Waals surface area contributed by atoms with Crippen LogP contribution in [0.2, 0.25) is 0 Å². The Morgan fingerprint density at radius 3 is 2.86 bits per heavy atom. The lowest BCUT2D eigenvalue weighted by Crippen LogP contribution is -2.37. The zero-order chi connectivity index (χ0) is 19.5. The first kappa shape index (κ1) is 18.9. The van der Waals surface area contributed by atoms with Crippen molar-refractivity contribution in [3.05, 3.63) is 70.1 Å². The van der Waals surface area contributed by atoms with Crippen LogP contribution in [0, 0.1) is 6.92 Å². The van der Waals surface area contributed by atoms with Gasteiger partial charge in [-0.05, 0) is 49.3 Å². The molecule has 2 aromatic heterocycles. The first-order chi connectivity index (χ1) is 13.6. The molecule has 2 heterocycles. The second-order valence-corrected chi connectivity index (χ2v) is 8.59. The van der Waals surface area contributed by atoms with Gasteiger partial charge in [-0.2, -0.15) is 0 Å². The van der Waals surface area contributed by atoms with Crippen molar-refractivity contribution in [2.75, 3.05) is 5.32 Å². The number of rotatable bonds is 6. The summed E-state index contributed by atoms with van der Waals surface area (Å²) in [5.74, 6) is -0.140. The highest BCUT2D eigenvalue weighted by atomic mass is 32.1. The molecule has 1 aliphatic rings. The molecule has 0 fully saturated rings. The van der Waals surface area contributed by atoms with E-state index in [1.54, 1.807) is 17.7 Å². The summed E-state index contributed by atoms with van der Waals surface area (Å²) in [7, 11) is 0. The Labute approximate surface area is 169 Å². The molecule has 1 aliphatic carbocycles. The summed E-state index contributed by atoms with van der Waals surface area (Å²) in [5.41, 5.74) is 10.9. The highest BCUT2D eigenvalue weighted by Crippen LogP contribution is 2.37. The van der Waals surface area contributed by atoms with Crippen molar-refractivity contribution in [3.8, 4) is 0 Å². The molecule has 0 saturated carbocycles. The molecule has 4 rings (SSSR count). The van der Waals surface area contributed by atoms with Crippen LogP contribution >= 0.6 is 11.3 Å². The van der Waals surface area contributed by atoms with E-state index in [1.807, 2.05) is 29.0 Å². The number of nitrogens with one attached hydrogen (secondary N) is 1. The lowest BCUT2D eigenvalue weighted by atomic mass is 9.96. The molecule has 5 nitrogen and oxygen atoms in total. The number of hydrogen-bond acceptors (Lipinski definition) is 4. The lowest BCUT2D eigenvalue weighted by Gasteiger charge is -2.11. The van der Waals surface area contributed by atoms with Gasteiger partial charge in [0.1, 0.15) is 0 Å². The van der Waals surface area contributed by atoms with E-state index < -0.39 is 6.04 Å². The van der Waals surface area contributed by atoms with Crippen LogP contribution in [0.5, 0.6) is 0 Å². The molecule has 0 radical (unpaired) electrons. The van der Waals surface area contributed by atoms with Crippen molar-refractivity contribution in [3.63, 3.8) is 0 Å². The average molecular weight is 395 g/mol. The molecule has 6 heteroatoms. The predicted molar refractivity (Wildman–Crippen MR) is 114 cm³/mol. The predicted octanol–water partition coefficient (Wildman–Crippen LogP) is 3.69. The van der Waals surface area contributed by atoms with Gasteiger partial charge < -0.3 is 15.6 Å². The Kier molecular flexibility index (Phi) is 5.59. The van der Waals surface area contributed by atoms with Gasteiger partial charge in [-0.15, -0.1) is 11.3 Å². The molecule has 1 amide bonds. The molecule has 1 atom stereocenters. The number of nitrogens with two attached hydrogens (primary N) is 1. The summed E-state index contributed by atoms with van der Waals surface area (Å²) in [6, 6.07) is 9.62. The van der Waals surface area contributed by atoms with Gasteiger partial charge >= 0.3 is 0 Å². The van der Waals surface area contributed by atoms with Crippen LogP contribution in [-0.4, -0.2) is 21.5 Å². The Balaban J connectivity index is 1.37. The van der Waals surface area contributed by atoms with Crippen LogP contribution in [0.3, 0.4) is 0 Å². The van der Waals surface area contributed by atoms with Crippen molar-refractivity contribution >= 4 is 22.2 Å². The number of nitrogens with zero attached hydrogens (tertiary/aromatic N) is 2. The zero-order valence-corrected chi connectivity index (χ0v) is 17.0. The van der Waals surface area contributed by atoms with Crippen molar-refractivity contribution in [1.82, 2.24) is 9.55 Å². The Bertz CT molecular complexity index is 960. The number of anilines is 1. The average Bonchev–Trinajstić information content (AvgIpc) is 3.27. The summed E-state index contributed by atoms with van der Waals surface area (Å²) in [5, 5.41) is 4.01. The van der Waals surface area contributed by atoms with Crippen LogP contribution in [0.4, 0.5) is 5.00 Å². The minimum absolute atomic E-state index is 0.140. The first-order valence-corrected chi connectivity index (χ1v) is 10.6. The fourth-order valence-corrected chi connectivity index (χ4v) is 5.06. The number of aromatic nitrogens is 2. The minimum atomic E-state index is -0.612. The first-order valence-electron chi connectivity index (χ1n) is 9.82. The zero-order valence-electron chi connectivity index (χ0n) is 16.1. The number of thiophene rings is 1. The van der Waals surface area contributed by atoms with Crippen molar-refractivity contribution in [1.29, 1.82) is 0 Å². The van der Waals surface area contributed by atoms with Crippen molar-refractivity contribution < 1.29 is 4.79 Å². The second kappa shape index (κ2) is 8.29. The van der Waals surface area contributed by atoms with Gasteiger partial charge in [0, 0.05) is 24.0 Å². The third-order valence-electron chi connectivity index (χ3n) is 5.33. The number of carbonyl (C=O) groups is 1. The van der Waals surface area contributed by atoms with Gasteiger partial charge in [0.25, 0.3) is 0 Å². The Morgan fingerprint density at radius 2 is 2.07 bits per heavy atom. The molecule has 28 heavy (non-hydrogen) atoms. The number of imidazole rings is 1. The normalized spacial score (nSPS) is 14.5. The molecule has 0 aliphatic heterocycles. The van der Waals surface area contributed by atoms with Gasteiger partial charge in [-0.1, -0.05) is 30.3 Å². The molecule has 1 aromatic carbocycles. The van der Waals surface area contributed by atoms with E-state index in [9.17, 15) is 4.79 Å². The van der Waals surface area contributed by atoms with E-state index >= 15 is 0 Å².